The second-order valence-corrected chi connectivity index (χ2v) is 7.34. The fourth-order valence-electron chi connectivity index (χ4n) is 2.62. The van der Waals surface area contributed by atoms with E-state index in [1.165, 1.54) is 0 Å². The van der Waals surface area contributed by atoms with Gasteiger partial charge in [-0.2, -0.15) is 4.98 Å². The van der Waals surface area contributed by atoms with Crippen molar-refractivity contribution in [3.8, 4) is 11.4 Å². The molecule has 1 aromatic heterocycles. The molecular formula is C20H21BrN4O2. The lowest BCUT2D eigenvalue weighted by Crippen LogP contribution is -2.32. The molecule has 0 aliphatic carbocycles. The number of hydrogen-bond donors (Lipinski definition) is 1. The Hall–Kier alpha value is -2.51. The molecule has 1 unspecified atom stereocenters. The number of nitrogens with zero attached hydrogens (tertiary/aromatic N) is 3. The highest BCUT2D eigenvalue weighted by molar-refractivity contribution is 9.10. The van der Waals surface area contributed by atoms with Crippen LogP contribution in [0, 0.1) is 6.92 Å². The topological polar surface area (TPSA) is 71.3 Å². The summed E-state index contributed by atoms with van der Waals surface area (Å²) in [6, 6.07) is 15.2. The lowest BCUT2D eigenvalue weighted by Gasteiger charge is -2.21. The van der Waals surface area contributed by atoms with Crippen molar-refractivity contribution in [2.24, 2.45) is 0 Å². The van der Waals surface area contributed by atoms with Crippen LogP contribution in [0.2, 0.25) is 0 Å². The summed E-state index contributed by atoms with van der Waals surface area (Å²) < 4.78 is 6.38. The Kier molecular flexibility index (Phi) is 6.03. The first-order chi connectivity index (χ1) is 12.9. The van der Waals surface area contributed by atoms with Gasteiger partial charge in [0.15, 0.2) is 0 Å². The van der Waals surface area contributed by atoms with Crippen molar-refractivity contribution in [3.05, 3.63) is 64.5 Å². The second kappa shape index (κ2) is 8.45. The van der Waals surface area contributed by atoms with E-state index in [0.717, 1.165) is 21.3 Å². The van der Waals surface area contributed by atoms with Gasteiger partial charge in [-0.15, -0.1) is 0 Å². The van der Waals surface area contributed by atoms with Crippen LogP contribution in [0.4, 0.5) is 5.69 Å². The van der Waals surface area contributed by atoms with Gasteiger partial charge in [-0.25, -0.2) is 0 Å². The van der Waals surface area contributed by atoms with E-state index in [0.29, 0.717) is 11.7 Å². The van der Waals surface area contributed by atoms with Crippen LogP contribution in [0.1, 0.15) is 24.4 Å². The first-order valence-corrected chi connectivity index (χ1v) is 9.38. The molecule has 7 heteroatoms. The summed E-state index contributed by atoms with van der Waals surface area (Å²) in [6.07, 6.45) is 0. The highest BCUT2D eigenvalue weighted by Crippen LogP contribution is 2.22. The van der Waals surface area contributed by atoms with E-state index in [4.69, 9.17) is 4.52 Å². The third-order valence-electron chi connectivity index (χ3n) is 4.35. The number of halogens is 1. The Morgan fingerprint density at radius 2 is 2.00 bits per heavy atom. The number of nitrogens with one attached hydrogen (secondary N) is 1. The van der Waals surface area contributed by atoms with Gasteiger partial charge in [0.05, 0.1) is 12.6 Å². The van der Waals surface area contributed by atoms with E-state index < -0.39 is 0 Å². The van der Waals surface area contributed by atoms with E-state index in [2.05, 4.69) is 31.4 Å². The molecule has 1 N–H and O–H groups in total. The number of likely N-dealkylation sites (N-methyl/N-ethyl adjacent to an activating group) is 1. The Labute approximate surface area is 166 Å². The predicted octanol–water partition coefficient (Wildman–Crippen LogP) is 4.44. The predicted molar refractivity (Wildman–Crippen MR) is 108 cm³/mol. The summed E-state index contributed by atoms with van der Waals surface area (Å²) in [4.78, 5) is 18.7. The molecule has 6 nitrogen and oxygen atoms in total. The zero-order chi connectivity index (χ0) is 19.4. The molecule has 0 radical (unpaired) electrons. The summed E-state index contributed by atoms with van der Waals surface area (Å²) >= 11 is 3.42. The minimum atomic E-state index is -0.188. The molecule has 0 bridgehead atoms. The van der Waals surface area contributed by atoms with Crippen molar-refractivity contribution in [3.63, 3.8) is 0 Å². The summed E-state index contributed by atoms with van der Waals surface area (Å²) in [5.74, 6) is 0.919. The van der Waals surface area contributed by atoms with Gasteiger partial charge in [0.25, 0.3) is 0 Å². The molecule has 1 amide bonds. The van der Waals surface area contributed by atoms with Crippen molar-refractivity contribution < 1.29 is 9.32 Å². The first kappa shape index (κ1) is 19.3. The van der Waals surface area contributed by atoms with Gasteiger partial charge in [-0.05, 0) is 44.7 Å². The number of rotatable bonds is 6. The van der Waals surface area contributed by atoms with E-state index in [1.807, 2.05) is 74.3 Å². The molecule has 2 aromatic carbocycles. The van der Waals surface area contributed by atoms with Crippen LogP contribution in [0.3, 0.4) is 0 Å². The van der Waals surface area contributed by atoms with E-state index in [9.17, 15) is 4.79 Å². The average molecular weight is 429 g/mol. The standard InChI is InChI=1S/C20H21BrN4O2/c1-13-11-16(21)9-10-17(13)22-18(26)12-25(3)14(2)20-23-19(24-27-20)15-7-5-4-6-8-15/h4-11,14H,12H2,1-3H3,(H,22,26). The first-order valence-electron chi connectivity index (χ1n) is 8.59. The number of aryl methyl sites for hydroxylation is 1. The molecule has 0 saturated carbocycles. The maximum absolute atomic E-state index is 12.4. The normalized spacial score (nSPS) is 12.2. The number of benzene rings is 2. The summed E-state index contributed by atoms with van der Waals surface area (Å²) in [5.41, 5.74) is 2.69. The van der Waals surface area contributed by atoms with Gasteiger partial charge >= 0.3 is 0 Å². The monoisotopic (exact) mass is 428 g/mol. The Morgan fingerprint density at radius 1 is 1.26 bits per heavy atom. The molecular weight excluding hydrogens is 408 g/mol. The number of carbonyl (C=O) groups excluding carboxylic acids is 1. The average Bonchev–Trinajstić information content (AvgIpc) is 3.14. The lowest BCUT2D eigenvalue weighted by atomic mass is 10.2. The summed E-state index contributed by atoms with van der Waals surface area (Å²) in [5, 5.41) is 6.98. The zero-order valence-corrected chi connectivity index (χ0v) is 17.0. The number of hydrogen-bond acceptors (Lipinski definition) is 5. The maximum Gasteiger partial charge on any atom is 0.244 e. The van der Waals surface area contributed by atoms with Crippen molar-refractivity contribution >= 4 is 27.5 Å². The highest BCUT2D eigenvalue weighted by Gasteiger charge is 2.21. The molecule has 3 rings (SSSR count). The molecule has 1 heterocycles. The molecule has 0 aliphatic rings. The summed E-state index contributed by atoms with van der Waals surface area (Å²) in [7, 11) is 1.85. The maximum atomic E-state index is 12.4. The molecule has 0 saturated heterocycles. The van der Waals surface area contributed by atoms with Crippen molar-refractivity contribution in [2.45, 2.75) is 19.9 Å². The highest BCUT2D eigenvalue weighted by atomic mass is 79.9. The minimum Gasteiger partial charge on any atom is -0.337 e. The van der Waals surface area contributed by atoms with Crippen molar-refractivity contribution in [1.82, 2.24) is 15.0 Å². The van der Waals surface area contributed by atoms with Gasteiger partial charge in [-0.1, -0.05) is 51.4 Å². The summed E-state index contributed by atoms with van der Waals surface area (Å²) in [6.45, 7) is 4.09. The van der Waals surface area contributed by atoms with Crippen LogP contribution < -0.4 is 5.32 Å². The van der Waals surface area contributed by atoms with Gasteiger partial charge in [0, 0.05) is 15.7 Å². The third-order valence-corrected chi connectivity index (χ3v) is 4.84. The fourth-order valence-corrected chi connectivity index (χ4v) is 3.09. The third kappa shape index (κ3) is 4.81. The van der Waals surface area contributed by atoms with Crippen LogP contribution >= 0.6 is 15.9 Å². The van der Waals surface area contributed by atoms with Crippen LogP contribution in [0.15, 0.2) is 57.5 Å². The molecule has 0 aliphatic heterocycles. The van der Waals surface area contributed by atoms with Crippen molar-refractivity contribution in [1.29, 1.82) is 0 Å². The van der Waals surface area contributed by atoms with Gasteiger partial charge in [-0.3, -0.25) is 9.69 Å². The van der Waals surface area contributed by atoms with Crippen molar-refractivity contribution in [2.75, 3.05) is 18.9 Å². The molecule has 27 heavy (non-hydrogen) atoms. The van der Waals surface area contributed by atoms with E-state index in [1.54, 1.807) is 0 Å². The minimum absolute atomic E-state index is 0.0995. The van der Waals surface area contributed by atoms with E-state index in [-0.39, 0.29) is 18.5 Å². The Morgan fingerprint density at radius 3 is 2.70 bits per heavy atom. The number of aromatic nitrogens is 2. The second-order valence-electron chi connectivity index (χ2n) is 6.42. The molecule has 0 spiro atoms. The lowest BCUT2D eigenvalue weighted by molar-refractivity contribution is -0.117. The molecule has 140 valence electrons. The van der Waals surface area contributed by atoms with E-state index >= 15 is 0 Å². The molecule has 1 atom stereocenters. The number of carbonyl (C=O) groups is 1. The molecule has 0 fully saturated rings. The SMILES string of the molecule is Cc1cc(Br)ccc1NC(=O)CN(C)C(C)c1nc(-c2ccccc2)no1. The van der Waals surface area contributed by atoms with Gasteiger partial charge in [0.2, 0.25) is 17.6 Å². The van der Waals surface area contributed by atoms with Crippen LogP contribution in [0.25, 0.3) is 11.4 Å². The molecule has 3 aromatic rings. The smallest absolute Gasteiger partial charge is 0.244 e. The number of amides is 1. The quantitative estimate of drug-likeness (QED) is 0.628. The number of anilines is 1. The largest absolute Gasteiger partial charge is 0.337 e. The zero-order valence-electron chi connectivity index (χ0n) is 15.4. The van der Waals surface area contributed by atoms with Crippen LogP contribution in [-0.2, 0) is 4.79 Å². The fraction of sp³-hybridized carbons (Fsp3) is 0.250. The van der Waals surface area contributed by atoms with Crippen LogP contribution in [-0.4, -0.2) is 34.5 Å². The van der Waals surface area contributed by atoms with Gasteiger partial charge < -0.3 is 9.84 Å². The van der Waals surface area contributed by atoms with Gasteiger partial charge in [0.1, 0.15) is 0 Å². The Balaban J connectivity index is 1.62. The Bertz CT molecular complexity index is 927. The van der Waals surface area contributed by atoms with Crippen LogP contribution in [0.5, 0.6) is 0 Å².